The van der Waals surface area contributed by atoms with Crippen LogP contribution in [-0.4, -0.2) is 24.0 Å². The van der Waals surface area contributed by atoms with Gasteiger partial charge in [0.2, 0.25) is 0 Å². The van der Waals surface area contributed by atoms with Crippen molar-refractivity contribution in [1.29, 1.82) is 0 Å². The number of hydrogen-bond acceptors (Lipinski definition) is 1. The van der Waals surface area contributed by atoms with Crippen molar-refractivity contribution in [2.24, 2.45) is 0 Å². The van der Waals surface area contributed by atoms with Crippen LogP contribution in [0, 0.1) is 11.8 Å². The van der Waals surface area contributed by atoms with E-state index in [1.54, 1.807) is 0 Å². The van der Waals surface area contributed by atoms with Crippen LogP contribution >= 0.6 is 0 Å². The number of piperidine rings is 1. The second-order valence-corrected chi connectivity index (χ2v) is 4.77. The van der Waals surface area contributed by atoms with E-state index in [1.165, 1.54) is 32.4 Å². The molecule has 0 bridgehead atoms. The van der Waals surface area contributed by atoms with Gasteiger partial charge in [0.25, 0.3) is 0 Å². The highest BCUT2D eigenvalue weighted by atomic mass is 15.1. The van der Waals surface area contributed by atoms with Crippen LogP contribution < -0.4 is 0 Å². The molecular weight excluding hydrogens is 218 g/mol. The number of rotatable bonds is 3. The Hall–Kier alpha value is -1.52. The third kappa shape index (κ3) is 3.75. The van der Waals surface area contributed by atoms with E-state index in [2.05, 4.69) is 35.5 Å². The van der Waals surface area contributed by atoms with Crippen LogP contribution in [0.4, 0.5) is 0 Å². The fourth-order valence-electron chi connectivity index (χ4n) is 2.38. The van der Waals surface area contributed by atoms with Crippen molar-refractivity contribution in [3.05, 3.63) is 48.6 Å². The van der Waals surface area contributed by atoms with Gasteiger partial charge in [0.05, 0.1) is 6.04 Å². The molecule has 18 heavy (non-hydrogen) atoms. The standard InChI is InChI=1S/C17H21N/c1-2-9-17(18-14-7-4-8-15-18)13-12-16-10-5-3-6-11-16/h2-3,5-6,10-11,17H,1,4,7-9,14-15H2/t17-/m0/s1. The molecule has 0 saturated carbocycles. The van der Waals surface area contributed by atoms with Crippen molar-refractivity contribution in [2.75, 3.05) is 13.1 Å². The lowest BCUT2D eigenvalue weighted by Crippen LogP contribution is -2.38. The summed E-state index contributed by atoms with van der Waals surface area (Å²) in [6.07, 6.45) is 6.92. The van der Waals surface area contributed by atoms with Gasteiger partial charge in [-0.1, -0.05) is 42.5 Å². The van der Waals surface area contributed by atoms with Crippen LogP contribution in [0.1, 0.15) is 31.2 Å². The fourth-order valence-corrected chi connectivity index (χ4v) is 2.38. The summed E-state index contributed by atoms with van der Waals surface area (Å²) in [6.45, 7) is 6.22. The van der Waals surface area contributed by atoms with Crippen LogP contribution in [0.3, 0.4) is 0 Å². The number of benzene rings is 1. The zero-order valence-electron chi connectivity index (χ0n) is 10.9. The van der Waals surface area contributed by atoms with Crippen LogP contribution in [0.2, 0.25) is 0 Å². The minimum Gasteiger partial charge on any atom is -0.290 e. The molecule has 1 aliphatic rings. The van der Waals surface area contributed by atoms with Gasteiger partial charge in [-0.3, -0.25) is 4.90 Å². The monoisotopic (exact) mass is 239 g/mol. The third-order valence-corrected chi connectivity index (χ3v) is 3.38. The lowest BCUT2D eigenvalue weighted by molar-refractivity contribution is 0.197. The minimum absolute atomic E-state index is 0.336. The topological polar surface area (TPSA) is 3.24 Å². The van der Waals surface area contributed by atoms with Crippen molar-refractivity contribution < 1.29 is 0 Å². The summed E-state index contributed by atoms with van der Waals surface area (Å²) in [4.78, 5) is 2.50. The van der Waals surface area contributed by atoms with Gasteiger partial charge in [0, 0.05) is 5.56 Å². The van der Waals surface area contributed by atoms with Gasteiger partial charge in [0.15, 0.2) is 0 Å². The van der Waals surface area contributed by atoms with Crippen LogP contribution in [-0.2, 0) is 0 Å². The first-order valence-electron chi connectivity index (χ1n) is 6.81. The molecule has 1 fully saturated rings. The van der Waals surface area contributed by atoms with Gasteiger partial charge in [-0.2, -0.15) is 0 Å². The van der Waals surface area contributed by atoms with Crippen molar-refractivity contribution in [3.8, 4) is 11.8 Å². The molecule has 1 heterocycles. The van der Waals surface area contributed by atoms with E-state index in [-0.39, 0.29) is 0 Å². The van der Waals surface area contributed by atoms with Gasteiger partial charge < -0.3 is 0 Å². The molecule has 94 valence electrons. The summed E-state index contributed by atoms with van der Waals surface area (Å²) in [5.74, 6) is 6.70. The molecule has 0 aliphatic carbocycles. The lowest BCUT2D eigenvalue weighted by atomic mass is 10.1. The maximum atomic E-state index is 3.86. The Morgan fingerprint density at radius 3 is 2.56 bits per heavy atom. The summed E-state index contributed by atoms with van der Waals surface area (Å²) in [5, 5.41) is 0. The lowest BCUT2D eigenvalue weighted by Gasteiger charge is -2.31. The van der Waals surface area contributed by atoms with E-state index in [4.69, 9.17) is 0 Å². The van der Waals surface area contributed by atoms with Crippen molar-refractivity contribution in [1.82, 2.24) is 4.90 Å². The smallest absolute Gasteiger partial charge is 0.0753 e. The predicted molar refractivity (Wildman–Crippen MR) is 77.3 cm³/mol. The van der Waals surface area contributed by atoms with E-state index in [0.717, 1.165) is 12.0 Å². The maximum absolute atomic E-state index is 3.86. The van der Waals surface area contributed by atoms with Crippen LogP contribution in [0.15, 0.2) is 43.0 Å². The second-order valence-electron chi connectivity index (χ2n) is 4.77. The maximum Gasteiger partial charge on any atom is 0.0753 e. The summed E-state index contributed by atoms with van der Waals surface area (Å²) >= 11 is 0. The zero-order chi connectivity index (χ0) is 12.6. The quantitative estimate of drug-likeness (QED) is 0.576. The first-order valence-corrected chi connectivity index (χ1v) is 6.81. The first-order chi connectivity index (χ1) is 8.90. The fraction of sp³-hybridized carbons (Fsp3) is 0.412. The normalized spacial score (nSPS) is 17.6. The van der Waals surface area contributed by atoms with Gasteiger partial charge in [-0.25, -0.2) is 0 Å². The molecule has 2 rings (SSSR count). The largest absolute Gasteiger partial charge is 0.290 e. The van der Waals surface area contributed by atoms with Gasteiger partial charge in [-0.05, 0) is 44.5 Å². The van der Waals surface area contributed by atoms with E-state index < -0.39 is 0 Å². The Bertz CT molecular complexity index is 418. The second kappa shape index (κ2) is 7.03. The van der Waals surface area contributed by atoms with Gasteiger partial charge in [-0.15, -0.1) is 6.58 Å². The molecule has 0 amide bonds. The molecule has 0 radical (unpaired) electrons. The molecule has 0 N–H and O–H groups in total. The van der Waals surface area contributed by atoms with E-state index in [9.17, 15) is 0 Å². The van der Waals surface area contributed by atoms with E-state index >= 15 is 0 Å². The van der Waals surface area contributed by atoms with Crippen LogP contribution in [0.5, 0.6) is 0 Å². The molecule has 0 aromatic heterocycles. The first kappa shape index (κ1) is 12.9. The summed E-state index contributed by atoms with van der Waals surface area (Å²) in [7, 11) is 0. The zero-order valence-corrected chi connectivity index (χ0v) is 10.9. The van der Waals surface area contributed by atoms with Crippen LogP contribution in [0.25, 0.3) is 0 Å². The van der Waals surface area contributed by atoms with E-state index in [0.29, 0.717) is 6.04 Å². The molecule has 1 saturated heterocycles. The summed E-state index contributed by atoms with van der Waals surface area (Å²) in [5.41, 5.74) is 1.10. The Kier molecular flexibility index (Phi) is 5.05. The average Bonchev–Trinajstić information content (AvgIpc) is 2.45. The van der Waals surface area contributed by atoms with Gasteiger partial charge in [0.1, 0.15) is 0 Å². The van der Waals surface area contributed by atoms with E-state index in [1.807, 2.05) is 24.3 Å². The third-order valence-electron chi connectivity index (χ3n) is 3.38. The molecule has 1 aromatic carbocycles. The van der Waals surface area contributed by atoms with Crippen molar-refractivity contribution in [3.63, 3.8) is 0 Å². The molecule has 1 heteroatoms. The molecule has 1 atom stereocenters. The number of likely N-dealkylation sites (tertiary alicyclic amines) is 1. The molecule has 1 aliphatic heterocycles. The predicted octanol–water partition coefficient (Wildman–Crippen LogP) is 3.47. The van der Waals surface area contributed by atoms with Gasteiger partial charge >= 0.3 is 0 Å². The molecule has 1 aromatic rings. The Morgan fingerprint density at radius 2 is 1.89 bits per heavy atom. The molecule has 0 unspecified atom stereocenters. The van der Waals surface area contributed by atoms with Crippen molar-refractivity contribution >= 4 is 0 Å². The molecule has 1 nitrogen and oxygen atoms in total. The number of hydrogen-bond donors (Lipinski definition) is 0. The molecular formula is C17H21N. The minimum atomic E-state index is 0.336. The Morgan fingerprint density at radius 1 is 1.17 bits per heavy atom. The Balaban J connectivity index is 2.06. The SMILES string of the molecule is C=CC[C@@H](C#Cc1ccccc1)N1CCCCC1. The Labute approximate surface area is 111 Å². The average molecular weight is 239 g/mol. The number of nitrogens with zero attached hydrogens (tertiary/aromatic N) is 1. The molecule has 0 spiro atoms. The summed E-state index contributed by atoms with van der Waals surface area (Å²) < 4.78 is 0. The van der Waals surface area contributed by atoms with Crippen molar-refractivity contribution in [2.45, 2.75) is 31.7 Å². The highest BCUT2D eigenvalue weighted by Gasteiger charge is 2.17. The summed E-state index contributed by atoms with van der Waals surface area (Å²) in [6, 6.07) is 10.6. The highest BCUT2D eigenvalue weighted by Crippen LogP contribution is 2.14. The highest BCUT2D eigenvalue weighted by molar-refractivity contribution is 5.35.